The molecule has 19 heavy (non-hydrogen) atoms. The lowest BCUT2D eigenvalue weighted by Crippen LogP contribution is -2.21. The second-order valence-corrected chi connectivity index (χ2v) is 5.05. The number of para-hydroxylation sites is 1. The molecule has 96 valence electrons. The number of rotatable bonds is 1. The Labute approximate surface area is 120 Å². The molecular formula is C14H9Cl2NO2. The zero-order valence-corrected chi connectivity index (χ0v) is 11.2. The van der Waals surface area contributed by atoms with Crippen LogP contribution in [0.2, 0.25) is 10.0 Å². The number of nitrogens with zero attached hydrogens (tertiary/aromatic N) is 1. The number of amides is 1. The van der Waals surface area contributed by atoms with E-state index in [1.807, 2.05) is 24.3 Å². The van der Waals surface area contributed by atoms with Crippen molar-refractivity contribution in [1.82, 2.24) is 0 Å². The summed E-state index contributed by atoms with van der Waals surface area (Å²) in [7, 11) is 0. The predicted octanol–water partition coefficient (Wildman–Crippen LogP) is 3.92. The Morgan fingerprint density at radius 3 is 2.63 bits per heavy atom. The normalized spacial score (nSPS) is 13.8. The highest BCUT2D eigenvalue weighted by atomic mass is 35.5. The smallest absolute Gasteiger partial charge is 0.236 e. The average Bonchev–Trinajstić information content (AvgIpc) is 2.72. The van der Waals surface area contributed by atoms with Gasteiger partial charge in [-0.1, -0.05) is 41.4 Å². The minimum Gasteiger partial charge on any atom is -0.506 e. The quantitative estimate of drug-likeness (QED) is 0.866. The fraction of sp³-hybridized carbons (Fsp3) is 0.0714. The molecule has 3 nitrogen and oxygen atoms in total. The van der Waals surface area contributed by atoms with Gasteiger partial charge in [-0.3, -0.25) is 9.69 Å². The summed E-state index contributed by atoms with van der Waals surface area (Å²) in [5.74, 6) is -0.214. The number of carbonyl (C=O) groups is 1. The second-order valence-electron chi connectivity index (χ2n) is 4.26. The first-order chi connectivity index (χ1) is 9.09. The van der Waals surface area contributed by atoms with Crippen molar-refractivity contribution in [3.05, 3.63) is 52.0 Å². The molecule has 1 aliphatic heterocycles. The summed E-state index contributed by atoms with van der Waals surface area (Å²) >= 11 is 12.2. The maximum Gasteiger partial charge on any atom is 0.236 e. The molecule has 0 bridgehead atoms. The first-order valence-corrected chi connectivity index (χ1v) is 6.43. The number of carbonyl (C=O) groups excluding carboxylic acids is 1. The molecule has 0 atom stereocenters. The number of phenolic OH excluding ortho intramolecular Hbond substituents is 1. The number of fused-ring (bicyclic) bond motifs is 1. The first-order valence-electron chi connectivity index (χ1n) is 5.67. The van der Waals surface area contributed by atoms with E-state index in [1.165, 1.54) is 17.0 Å². The van der Waals surface area contributed by atoms with E-state index < -0.39 is 0 Å². The molecular weight excluding hydrogens is 285 g/mol. The van der Waals surface area contributed by atoms with Crippen LogP contribution in [0, 0.1) is 0 Å². The molecule has 3 rings (SSSR count). The molecule has 0 saturated carbocycles. The molecule has 2 aromatic rings. The molecule has 0 fully saturated rings. The molecule has 2 aromatic carbocycles. The Morgan fingerprint density at radius 1 is 1.11 bits per heavy atom. The van der Waals surface area contributed by atoms with E-state index in [0.717, 1.165) is 11.3 Å². The van der Waals surface area contributed by atoms with E-state index in [4.69, 9.17) is 23.2 Å². The highest BCUT2D eigenvalue weighted by Crippen LogP contribution is 2.45. The van der Waals surface area contributed by atoms with Crippen LogP contribution in [0.3, 0.4) is 0 Å². The number of benzene rings is 2. The molecule has 1 heterocycles. The first kappa shape index (κ1) is 12.3. The van der Waals surface area contributed by atoms with Gasteiger partial charge in [-0.25, -0.2) is 0 Å². The van der Waals surface area contributed by atoms with Gasteiger partial charge >= 0.3 is 0 Å². The van der Waals surface area contributed by atoms with Crippen LogP contribution in [0.5, 0.6) is 5.75 Å². The van der Waals surface area contributed by atoms with Crippen LogP contribution in [0.15, 0.2) is 36.4 Å². The van der Waals surface area contributed by atoms with E-state index in [9.17, 15) is 9.90 Å². The molecule has 0 aliphatic carbocycles. The van der Waals surface area contributed by atoms with Gasteiger partial charge in [0.2, 0.25) is 5.91 Å². The largest absolute Gasteiger partial charge is 0.506 e. The van der Waals surface area contributed by atoms with E-state index in [-0.39, 0.29) is 16.7 Å². The summed E-state index contributed by atoms with van der Waals surface area (Å²) in [4.78, 5) is 13.6. The predicted molar refractivity (Wildman–Crippen MR) is 75.4 cm³/mol. The molecule has 1 amide bonds. The van der Waals surface area contributed by atoms with Gasteiger partial charge < -0.3 is 5.11 Å². The van der Waals surface area contributed by atoms with Gasteiger partial charge in [-0.05, 0) is 23.8 Å². The monoisotopic (exact) mass is 293 g/mol. The summed E-state index contributed by atoms with van der Waals surface area (Å²) in [6.45, 7) is 0. The number of hydrogen-bond acceptors (Lipinski definition) is 2. The standard InChI is InChI=1S/C14H9Cl2NO2/c15-9-5-6-11(18)13(16)14(9)17-10-4-2-1-3-8(10)7-12(17)19/h1-6,18H,7H2. The zero-order chi connectivity index (χ0) is 13.6. The molecule has 0 radical (unpaired) electrons. The van der Waals surface area contributed by atoms with Gasteiger partial charge in [0, 0.05) is 0 Å². The number of hydrogen-bond donors (Lipinski definition) is 1. The summed E-state index contributed by atoms with van der Waals surface area (Å²) in [5.41, 5.74) is 2.00. The van der Waals surface area contributed by atoms with Crippen LogP contribution in [0.25, 0.3) is 0 Å². The molecule has 0 aromatic heterocycles. The van der Waals surface area contributed by atoms with Gasteiger partial charge in [0.05, 0.1) is 22.8 Å². The highest BCUT2D eigenvalue weighted by Gasteiger charge is 2.31. The molecule has 1 aliphatic rings. The molecule has 0 spiro atoms. The topological polar surface area (TPSA) is 40.5 Å². The third-order valence-corrected chi connectivity index (χ3v) is 3.77. The van der Waals surface area contributed by atoms with Crippen molar-refractivity contribution in [3.8, 4) is 5.75 Å². The Balaban J connectivity index is 2.24. The molecule has 5 heteroatoms. The van der Waals surface area contributed by atoms with Gasteiger partial charge in [0.15, 0.2) is 0 Å². The van der Waals surface area contributed by atoms with Crippen molar-refractivity contribution in [3.63, 3.8) is 0 Å². The van der Waals surface area contributed by atoms with Crippen molar-refractivity contribution in [2.75, 3.05) is 4.90 Å². The Bertz CT molecular complexity index is 685. The molecule has 0 saturated heterocycles. The SMILES string of the molecule is O=C1Cc2ccccc2N1c1c(Cl)ccc(O)c1Cl. The fourth-order valence-corrected chi connectivity index (χ4v) is 2.77. The number of aromatic hydroxyl groups is 1. The summed E-state index contributed by atoms with van der Waals surface area (Å²) in [5, 5.41) is 10.1. The van der Waals surface area contributed by atoms with Crippen molar-refractivity contribution in [2.45, 2.75) is 6.42 Å². The van der Waals surface area contributed by atoms with E-state index in [0.29, 0.717) is 17.1 Å². The number of phenols is 1. The molecule has 0 unspecified atom stereocenters. The van der Waals surface area contributed by atoms with Crippen molar-refractivity contribution < 1.29 is 9.90 Å². The van der Waals surface area contributed by atoms with Crippen LogP contribution in [0.1, 0.15) is 5.56 Å². The van der Waals surface area contributed by atoms with Crippen LogP contribution in [-0.4, -0.2) is 11.0 Å². The fourth-order valence-electron chi connectivity index (χ4n) is 2.24. The lowest BCUT2D eigenvalue weighted by molar-refractivity contribution is -0.116. The second kappa shape index (κ2) is 4.44. The summed E-state index contributed by atoms with van der Waals surface area (Å²) < 4.78 is 0. The lowest BCUT2D eigenvalue weighted by Gasteiger charge is -2.20. The van der Waals surface area contributed by atoms with E-state index in [2.05, 4.69) is 0 Å². The Morgan fingerprint density at radius 2 is 1.84 bits per heavy atom. The Hall–Kier alpha value is -1.71. The zero-order valence-electron chi connectivity index (χ0n) is 9.73. The number of halogens is 2. The van der Waals surface area contributed by atoms with Crippen LogP contribution in [-0.2, 0) is 11.2 Å². The van der Waals surface area contributed by atoms with Crippen molar-refractivity contribution in [1.29, 1.82) is 0 Å². The maximum absolute atomic E-state index is 12.2. The summed E-state index contributed by atoms with van der Waals surface area (Å²) in [6.07, 6.45) is 0.304. The number of anilines is 2. The van der Waals surface area contributed by atoms with Gasteiger partial charge in [0.25, 0.3) is 0 Å². The third kappa shape index (κ3) is 1.86. The van der Waals surface area contributed by atoms with Crippen LogP contribution < -0.4 is 4.90 Å². The minimum absolute atomic E-state index is 0.0811. The van der Waals surface area contributed by atoms with Crippen LogP contribution in [0.4, 0.5) is 11.4 Å². The minimum atomic E-state index is -0.115. The highest BCUT2D eigenvalue weighted by molar-refractivity contribution is 6.41. The van der Waals surface area contributed by atoms with E-state index in [1.54, 1.807) is 0 Å². The van der Waals surface area contributed by atoms with E-state index >= 15 is 0 Å². The van der Waals surface area contributed by atoms with Crippen molar-refractivity contribution in [2.24, 2.45) is 0 Å². The van der Waals surface area contributed by atoms with Gasteiger partial charge in [-0.2, -0.15) is 0 Å². The van der Waals surface area contributed by atoms with Gasteiger partial charge in [-0.15, -0.1) is 0 Å². The third-order valence-electron chi connectivity index (χ3n) is 3.09. The molecule has 1 N–H and O–H groups in total. The summed E-state index contributed by atoms with van der Waals surface area (Å²) in [6, 6.07) is 10.4. The Kier molecular flexibility index (Phi) is 2.88. The van der Waals surface area contributed by atoms with Gasteiger partial charge in [0.1, 0.15) is 10.8 Å². The maximum atomic E-state index is 12.2. The van der Waals surface area contributed by atoms with Crippen molar-refractivity contribution >= 4 is 40.5 Å². The lowest BCUT2D eigenvalue weighted by atomic mass is 10.2. The average molecular weight is 294 g/mol. The van der Waals surface area contributed by atoms with Crippen LogP contribution >= 0.6 is 23.2 Å².